The summed E-state index contributed by atoms with van der Waals surface area (Å²) in [6, 6.07) is 0.277. The first-order valence-corrected chi connectivity index (χ1v) is 8.54. The van der Waals surface area contributed by atoms with Crippen molar-refractivity contribution in [3.63, 3.8) is 0 Å². The van der Waals surface area contributed by atoms with Crippen LogP contribution < -0.4 is 0 Å². The molecule has 122 valence electrons. The summed E-state index contributed by atoms with van der Waals surface area (Å²) in [5, 5.41) is 7.22. The van der Waals surface area contributed by atoms with Gasteiger partial charge in [0, 0.05) is 26.1 Å². The van der Waals surface area contributed by atoms with Crippen molar-refractivity contribution >= 4 is 5.91 Å². The first-order chi connectivity index (χ1) is 10.6. The molecule has 2 aliphatic rings. The van der Waals surface area contributed by atoms with Crippen molar-refractivity contribution in [3.8, 4) is 0 Å². The highest BCUT2D eigenvalue weighted by molar-refractivity contribution is 5.76. The van der Waals surface area contributed by atoms with E-state index in [9.17, 15) is 4.79 Å². The van der Waals surface area contributed by atoms with Gasteiger partial charge in [-0.25, -0.2) is 4.98 Å². The van der Waals surface area contributed by atoms with E-state index < -0.39 is 0 Å². The molecule has 1 atom stereocenters. The summed E-state index contributed by atoms with van der Waals surface area (Å²) in [7, 11) is 0. The third kappa shape index (κ3) is 3.48. The summed E-state index contributed by atoms with van der Waals surface area (Å²) in [5.41, 5.74) is 0. The van der Waals surface area contributed by atoms with Crippen LogP contribution in [0, 0.1) is 12.8 Å². The van der Waals surface area contributed by atoms with E-state index in [4.69, 9.17) is 0 Å². The van der Waals surface area contributed by atoms with Crippen LogP contribution in [0.3, 0.4) is 0 Å². The fourth-order valence-corrected chi connectivity index (χ4v) is 3.55. The fourth-order valence-electron chi connectivity index (χ4n) is 3.55. The Kier molecular flexibility index (Phi) is 4.76. The number of piperidine rings is 1. The highest BCUT2D eigenvalue weighted by atomic mass is 16.2. The van der Waals surface area contributed by atoms with Gasteiger partial charge in [-0.2, -0.15) is 5.10 Å². The fraction of sp³-hybridized carbons (Fsp3) is 0.812. The van der Waals surface area contributed by atoms with E-state index in [1.54, 1.807) is 0 Å². The van der Waals surface area contributed by atoms with Crippen molar-refractivity contribution in [2.75, 3.05) is 26.2 Å². The summed E-state index contributed by atoms with van der Waals surface area (Å²) in [4.78, 5) is 21.2. The Morgan fingerprint density at radius 3 is 2.73 bits per heavy atom. The van der Waals surface area contributed by atoms with Crippen LogP contribution in [0.1, 0.15) is 56.7 Å². The monoisotopic (exact) mass is 305 g/mol. The number of rotatable bonds is 4. The molecule has 1 N–H and O–H groups in total. The number of likely N-dealkylation sites (tertiary alicyclic amines) is 2. The van der Waals surface area contributed by atoms with E-state index in [0.717, 1.165) is 69.4 Å². The van der Waals surface area contributed by atoms with Crippen LogP contribution >= 0.6 is 0 Å². The summed E-state index contributed by atoms with van der Waals surface area (Å²) in [6.07, 6.45) is 5.16. The molecule has 6 nitrogen and oxygen atoms in total. The molecule has 0 aliphatic carbocycles. The Bertz CT molecular complexity index is 506. The molecule has 3 heterocycles. The molecule has 2 aliphatic heterocycles. The maximum Gasteiger partial charge on any atom is 0.223 e. The number of hydrogen-bond acceptors (Lipinski definition) is 4. The molecule has 3 rings (SSSR count). The minimum atomic E-state index is 0.277. The molecule has 1 amide bonds. The molecule has 0 spiro atoms. The number of carbonyl (C=O) groups is 1. The standard InChI is InChI=1S/C16H27N5O/c1-12-5-9-21(10-6-12)15(22)7-11-20-8-3-4-14(20)16-17-13(2)18-19-16/h12,14H,3-11H2,1-2H3,(H,17,18,19)/t14-/m0/s1. The molecule has 22 heavy (non-hydrogen) atoms. The zero-order valence-electron chi connectivity index (χ0n) is 13.7. The molecule has 0 radical (unpaired) electrons. The van der Waals surface area contributed by atoms with E-state index in [0.29, 0.717) is 12.3 Å². The van der Waals surface area contributed by atoms with Gasteiger partial charge in [0.15, 0.2) is 5.82 Å². The highest BCUT2D eigenvalue weighted by Crippen LogP contribution is 2.29. The van der Waals surface area contributed by atoms with Crippen LogP contribution in [0.2, 0.25) is 0 Å². The molecule has 0 unspecified atom stereocenters. The Morgan fingerprint density at radius 2 is 2.05 bits per heavy atom. The van der Waals surface area contributed by atoms with Crippen molar-refractivity contribution in [3.05, 3.63) is 11.6 Å². The van der Waals surface area contributed by atoms with Gasteiger partial charge in [0.05, 0.1) is 6.04 Å². The lowest BCUT2D eigenvalue weighted by Gasteiger charge is -2.31. The number of hydrogen-bond donors (Lipinski definition) is 1. The van der Waals surface area contributed by atoms with Gasteiger partial charge in [-0.1, -0.05) is 6.92 Å². The zero-order valence-corrected chi connectivity index (χ0v) is 13.7. The molecule has 0 saturated carbocycles. The van der Waals surface area contributed by atoms with Crippen molar-refractivity contribution < 1.29 is 4.79 Å². The molecular formula is C16H27N5O. The Hall–Kier alpha value is -1.43. The summed E-state index contributed by atoms with van der Waals surface area (Å²) < 4.78 is 0. The smallest absolute Gasteiger partial charge is 0.223 e. The molecule has 2 saturated heterocycles. The maximum atomic E-state index is 12.4. The Labute approximate surface area is 132 Å². The van der Waals surface area contributed by atoms with Gasteiger partial charge < -0.3 is 4.90 Å². The van der Waals surface area contributed by atoms with Gasteiger partial charge in [0.25, 0.3) is 0 Å². The number of nitrogens with zero attached hydrogens (tertiary/aromatic N) is 4. The average Bonchev–Trinajstić information content (AvgIpc) is 3.14. The molecule has 6 heteroatoms. The summed E-state index contributed by atoms with van der Waals surface area (Å²) in [6.45, 7) is 7.94. The minimum Gasteiger partial charge on any atom is -0.343 e. The maximum absolute atomic E-state index is 12.4. The summed E-state index contributed by atoms with van der Waals surface area (Å²) >= 11 is 0. The number of aromatic nitrogens is 3. The van der Waals surface area contributed by atoms with Crippen molar-refractivity contribution in [1.82, 2.24) is 25.0 Å². The topological polar surface area (TPSA) is 65.1 Å². The van der Waals surface area contributed by atoms with E-state index >= 15 is 0 Å². The molecule has 0 bridgehead atoms. The zero-order chi connectivity index (χ0) is 15.5. The van der Waals surface area contributed by atoms with E-state index in [-0.39, 0.29) is 6.04 Å². The molecule has 1 aromatic rings. The van der Waals surface area contributed by atoms with E-state index in [1.165, 1.54) is 0 Å². The molecular weight excluding hydrogens is 278 g/mol. The third-order valence-corrected chi connectivity index (χ3v) is 5.03. The van der Waals surface area contributed by atoms with Gasteiger partial charge in [0.2, 0.25) is 5.91 Å². The number of nitrogens with one attached hydrogen (secondary N) is 1. The van der Waals surface area contributed by atoms with Crippen LogP contribution in [0.25, 0.3) is 0 Å². The van der Waals surface area contributed by atoms with Gasteiger partial charge >= 0.3 is 0 Å². The van der Waals surface area contributed by atoms with Crippen LogP contribution in [-0.2, 0) is 4.79 Å². The predicted molar refractivity (Wildman–Crippen MR) is 84.3 cm³/mol. The van der Waals surface area contributed by atoms with Crippen LogP contribution in [0.5, 0.6) is 0 Å². The minimum absolute atomic E-state index is 0.277. The number of aryl methyl sites for hydroxylation is 1. The second-order valence-electron chi connectivity index (χ2n) is 6.79. The quantitative estimate of drug-likeness (QED) is 0.922. The van der Waals surface area contributed by atoms with Gasteiger partial charge in [0.1, 0.15) is 5.82 Å². The first kappa shape index (κ1) is 15.5. The lowest BCUT2D eigenvalue weighted by atomic mass is 9.99. The van der Waals surface area contributed by atoms with Gasteiger partial charge in [-0.05, 0) is 45.1 Å². The molecule has 2 fully saturated rings. The Morgan fingerprint density at radius 1 is 1.27 bits per heavy atom. The second-order valence-corrected chi connectivity index (χ2v) is 6.79. The van der Waals surface area contributed by atoms with Gasteiger partial charge in [-0.15, -0.1) is 0 Å². The van der Waals surface area contributed by atoms with Crippen LogP contribution in [0.4, 0.5) is 0 Å². The Balaban J connectivity index is 1.51. The van der Waals surface area contributed by atoms with Gasteiger partial charge in [-0.3, -0.25) is 14.8 Å². The average molecular weight is 305 g/mol. The lowest BCUT2D eigenvalue weighted by Crippen LogP contribution is -2.39. The van der Waals surface area contributed by atoms with Crippen LogP contribution in [-0.4, -0.2) is 57.1 Å². The molecule has 0 aromatic carbocycles. The van der Waals surface area contributed by atoms with Crippen LogP contribution in [0.15, 0.2) is 0 Å². The predicted octanol–water partition coefficient (Wildman–Crippen LogP) is 1.90. The SMILES string of the molecule is Cc1nc([C@@H]2CCCN2CCC(=O)N2CCC(C)CC2)n[nH]1. The van der Waals surface area contributed by atoms with E-state index in [2.05, 4.69) is 27.0 Å². The van der Waals surface area contributed by atoms with E-state index in [1.807, 2.05) is 11.8 Å². The van der Waals surface area contributed by atoms with Crippen molar-refractivity contribution in [1.29, 1.82) is 0 Å². The number of H-pyrrole nitrogens is 1. The number of aromatic amines is 1. The summed E-state index contributed by atoms with van der Waals surface area (Å²) in [5.74, 6) is 2.82. The highest BCUT2D eigenvalue weighted by Gasteiger charge is 2.30. The lowest BCUT2D eigenvalue weighted by molar-refractivity contribution is -0.132. The number of amides is 1. The largest absolute Gasteiger partial charge is 0.343 e. The third-order valence-electron chi connectivity index (χ3n) is 5.03. The van der Waals surface area contributed by atoms with Crippen molar-refractivity contribution in [2.24, 2.45) is 5.92 Å². The molecule has 1 aromatic heterocycles. The normalized spacial score (nSPS) is 24.1. The van der Waals surface area contributed by atoms with Crippen molar-refractivity contribution in [2.45, 2.75) is 52.0 Å². The second kappa shape index (κ2) is 6.77. The number of carbonyl (C=O) groups excluding carboxylic acids is 1. The first-order valence-electron chi connectivity index (χ1n) is 8.54.